The van der Waals surface area contributed by atoms with Crippen molar-refractivity contribution in [3.63, 3.8) is 0 Å². The van der Waals surface area contributed by atoms with Gasteiger partial charge in [-0.25, -0.2) is 4.79 Å². The average Bonchev–Trinajstić information content (AvgIpc) is 2.27. The van der Waals surface area contributed by atoms with E-state index in [4.69, 9.17) is 0 Å². The number of methoxy groups -OCH3 is 1. The third-order valence-corrected chi connectivity index (χ3v) is 3.71. The Hall–Kier alpha value is -0.610. The van der Waals surface area contributed by atoms with Gasteiger partial charge in [0.05, 0.1) is 7.11 Å². The first-order valence-electron chi connectivity index (χ1n) is 6.38. The Kier molecular flexibility index (Phi) is 4.95. The number of nitrogens with zero attached hydrogens (tertiary/aromatic N) is 1. The lowest BCUT2D eigenvalue weighted by molar-refractivity contribution is -0.162. The molecule has 1 N–H and O–H groups in total. The molecule has 17 heavy (non-hydrogen) atoms. The Labute approximate surface area is 104 Å². The van der Waals surface area contributed by atoms with Gasteiger partial charge in [0, 0.05) is 12.6 Å². The second-order valence-corrected chi connectivity index (χ2v) is 5.61. The number of ether oxygens (including phenoxy) is 1. The van der Waals surface area contributed by atoms with Gasteiger partial charge < -0.3 is 9.84 Å². The zero-order valence-electron chi connectivity index (χ0n) is 11.4. The number of carbonyl (C=O) groups is 1. The predicted molar refractivity (Wildman–Crippen MR) is 66.7 cm³/mol. The molecule has 1 aliphatic carbocycles. The molecule has 0 heterocycles. The van der Waals surface area contributed by atoms with E-state index in [0.717, 1.165) is 18.8 Å². The molecule has 4 heteroatoms. The predicted octanol–water partition coefficient (Wildman–Crippen LogP) is 1.42. The van der Waals surface area contributed by atoms with Crippen LogP contribution in [0.4, 0.5) is 0 Å². The maximum absolute atomic E-state index is 11.4. The standard InChI is InChI=1S/C13H25NO3/c1-10-6-5-7-11(8-10)14(3)9-13(2,16)12(15)17-4/h10-11,16H,5-9H2,1-4H3. The summed E-state index contributed by atoms with van der Waals surface area (Å²) in [6.45, 7) is 4.11. The number of carbonyl (C=O) groups excluding carboxylic acids is 1. The molecule has 0 amide bonds. The molecule has 1 saturated carbocycles. The minimum absolute atomic E-state index is 0.330. The SMILES string of the molecule is COC(=O)C(C)(O)CN(C)C1CCCC(C)C1. The molecule has 1 fully saturated rings. The van der Waals surface area contributed by atoms with Crippen LogP contribution in [0.3, 0.4) is 0 Å². The van der Waals surface area contributed by atoms with E-state index in [9.17, 15) is 9.90 Å². The van der Waals surface area contributed by atoms with Crippen LogP contribution >= 0.6 is 0 Å². The largest absolute Gasteiger partial charge is 0.467 e. The summed E-state index contributed by atoms with van der Waals surface area (Å²) in [6.07, 6.45) is 4.82. The first kappa shape index (κ1) is 14.5. The fourth-order valence-electron chi connectivity index (χ4n) is 2.70. The minimum Gasteiger partial charge on any atom is -0.467 e. The summed E-state index contributed by atoms with van der Waals surface area (Å²) in [6, 6.07) is 0.467. The fraction of sp³-hybridized carbons (Fsp3) is 0.923. The Morgan fingerprint density at radius 1 is 1.53 bits per heavy atom. The van der Waals surface area contributed by atoms with Crippen molar-refractivity contribution in [3.05, 3.63) is 0 Å². The Morgan fingerprint density at radius 2 is 2.18 bits per heavy atom. The van der Waals surface area contributed by atoms with Crippen LogP contribution in [0.5, 0.6) is 0 Å². The van der Waals surface area contributed by atoms with E-state index >= 15 is 0 Å². The van der Waals surface area contributed by atoms with Gasteiger partial charge in [0.1, 0.15) is 0 Å². The summed E-state index contributed by atoms with van der Waals surface area (Å²) < 4.78 is 4.61. The number of rotatable bonds is 4. The fourth-order valence-corrected chi connectivity index (χ4v) is 2.70. The number of aliphatic hydroxyl groups is 1. The summed E-state index contributed by atoms with van der Waals surface area (Å²) in [5, 5.41) is 10.0. The zero-order chi connectivity index (χ0) is 13.1. The van der Waals surface area contributed by atoms with E-state index in [1.807, 2.05) is 7.05 Å². The van der Waals surface area contributed by atoms with Crippen LogP contribution in [0.15, 0.2) is 0 Å². The van der Waals surface area contributed by atoms with Gasteiger partial charge in [-0.3, -0.25) is 4.90 Å². The highest BCUT2D eigenvalue weighted by molar-refractivity contribution is 5.78. The number of hydrogen-bond acceptors (Lipinski definition) is 4. The van der Waals surface area contributed by atoms with Crippen molar-refractivity contribution in [2.75, 3.05) is 20.7 Å². The second-order valence-electron chi connectivity index (χ2n) is 5.61. The Morgan fingerprint density at radius 3 is 2.71 bits per heavy atom. The molecule has 0 aromatic rings. The van der Waals surface area contributed by atoms with Crippen LogP contribution in [0, 0.1) is 5.92 Å². The molecule has 1 aliphatic rings. The zero-order valence-corrected chi connectivity index (χ0v) is 11.4. The van der Waals surface area contributed by atoms with Gasteiger partial charge in [0.2, 0.25) is 0 Å². The molecule has 3 atom stereocenters. The Balaban J connectivity index is 2.52. The van der Waals surface area contributed by atoms with Crippen LogP contribution in [0.1, 0.15) is 39.5 Å². The van der Waals surface area contributed by atoms with Crippen LogP contribution in [-0.2, 0) is 9.53 Å². The molecule has 0 aromatic carbocycles. The van der Waals surface area contributed by atoms with Crippen LogP contribution in [0.25, 0.3) is 0 Å². The molecule has 4 nitrogen and oxygen atoms in total. The summed E-state index contributed by atoms with van der Waals surface area (Å²) in [5.41, 5.74) is -1.41. The molecule has 0 aliphatic heterocycles. The van der Waals surface area contributed by atoms with Crippen LogP contribution in [0.2, 0.25) is 0 Å². The van der Waals surface area contributed by atoms with Crippen LogP contribution in [-0.4, -0.2) is 48.3 Å². The molecular formula is C13H25NO3. The summed E-state index contributed by atoms with van der Waals surface area (Å²) in [7, 11) is 3.28. The highest BCUT2D eigenvalue weighted by Crippen LogP contribution is 2.27. The van der Waals surface area contributed by atoms with Gasteiger partial charge >= 0.3 is 5.97 Å². The van der Waals surface area contributed by atoms with E-state index < -0.39 is 11.6 Å². The average molecular weight is 243 g/mol. The van der Waals surface area contributed by atoms with Crippen LogP contribution < -0.4 is 0 Å². The highest BCUT2D eigenvalue weighted by atomic mass is 16.5. The molecule has 0 aromatic heterocycles. The third-order valence-electron chi connectivity index (χ3n) is 3.71. The topological polar surface area (TPSA) is 49.8 Å². The summed E-state index contributed by atoms with van der Waals surface area (Å²) in [5.74, 6) is 0.174. The van der Waals surface area contributed by atoms with Gasteiger partial charge in [0.25, 0.3) is 0 Å². The van der Waals surface area contributed by atoms with Gasteiger partial charge in [0.15, 0.2) is 5.60 Å². The molecule has 0 radical (unpaired) electrons. The molecule has 0 bridgehead atoms. The lowest BCUT2D eigenvalue weighted by atomic mass is 9.86. The van der Waals surface area contributed by atoms with Gasteiger partial charge in [-0.1, -0.05) is 19.8 Å². The molecule has 0 spiro atoms. The maximum atomic E-state index is 11.4. The van der Waals surface area contributed by atoms with Crippen molar-refractivity contribution in [1.82, 2.24) is 4.90 Å². The van der Waals surface area contributed by atoms with E-state index in [-0.39, 0.29) is 0 Å². The normalized spacial score (nSPS) is 28.8. The Bertz CT molecular complexity index is 265. The highest BCUT2D eigenvalue weighted by Gasteiger charge is 2.35. The van der Waals surface area contributed by atoms with Gasteiger partial charge in [-0.05, 0) is 32.7 Å². The quantitative estimate of drug-likeness (QED) is 0.759. The van der Waals surface area contributed by atoms with E-state index in [0.29, 0.717) is 12.6 Å². The molecule has 0 saturated heterocycles. The molecule has 1 rings (SSSR count). The van der Waals surface area contributed by atoms with Crippen molar-refractivity contribution in [1.29, 1.82) is 0 Å². The van der Waals surface area contributed by atoms with Gasteiger partial charge in [-0.2, -0.15) is 0 Å². The maximum Gasteiger partial charge on any atom is 0.338 e. The third kappa shape index (κ3) is 3.96. The first-order valence-corrected chi connectivity index (χ1v) is 6.38. The minimum atomic E-state index is -1.41. The van der Waals surface area contributed by atoms with Crippen molar-refractivity contribution >= 4 is 5.97 Å². The van der Waals surface area contributed by atoms with Crippen molar-refractivity contribution in [2.24, 2.45) is 5.92 Å². The van der Waals surface area contributed by atoms with Crippen molar-refractivity contribution < 1.29 is 14.6 Å². The first-order chi connectivity index (χ1) is 7.86. The molecule has 100 valence electrons. The van der Waals surface area contributed by atoms with Crippen molar-refractivity contribution in [2.45, 2.75) is 51.2 Å². The lowest BCUT2D eigenvalue weighted by Crippen LogP contribution is -2.49. The lowest BCUT2D eigenvalue weighted by Gasteiger charge is -2.37. The van der Waals surface area contributed by atoms with Gasteiger partial charge in [-0.15, -0.1) is 0 Å². The van der Waals surface area contributed by atoms with E-state index in [1.54, 1.807) is 0 Å². The summed E-state index contributed by atoms with van der Waals surface area (Å²) >= 11 is 0. The second kappa shape index (κ2) is 5.83. The number of esters is 1. The smallest absolute Gasteiger partial charge is 0.338 e. The van der Waals surface area contributed by atoms with E-state index in [2.05, 4.69) is 16.6 Å². The molecule has 3 unspecified atom stereocenters. The number of hydrogen-bond donors (Lipinski definition) is 1. The number of likely N-dealkylation sites (N-methyl/N-ethyl adjacent to an activating group) is 1. The van der Waals surface area contributed by atoms with Crippen molar-refractivity contribution in [3.8, 4) is 0 Å². The van der Waals surface area contributed by atoms with E-state index in [1.165, 1.54) is 26.9 Å². The monoisotopic (exact) mass is 243 g/mol. The molecular weight excluding hydrogens is 218 g/mol. The summed E-state index contributed by atoms with van der Waals surface area (Å²) in [4.78, 5) is 13.5.